The Balaban J connectivity index is 2.01. The molecule has 0 aromatic heterocycles. The Labute approximate surface area is 116 Å². The second-order valence-electron chi connectivity index (χ2n) is 5.88. The van der Waals surface area contributed by atoms with Gasteiger partial charge in [-0.05, 0) is 62.8 Å². The lowest BCUT2D eigenvalue weighted by Gasteiger charge is -2.32. The highest BCUT2D eigenvalue weighted by molar-refractivity contribution is 5.49. The van der Waals surface area contributed by atoms with Crippen molar-refractivity contribution in [3.8, 4) is 5.75 Å². The number of hydrogen-bond acceptors (Lipinski definition) is 3. The van der Waals surface area contributed by atoms with Crippen LogP contribution < -0.4 is 15.8 Å². The van der Waals surface area contributed by atoms with Crippen LogP contribution in [0.3, 0.4) is 0 Å². The van der Waals surface area contributed by atoms with E-state index in [1.54, 1.807) is 7.11 Å². The molecule has 0 saturated heterocycles. The van der Waals surface area contributed by atoms with Crippen molar-refractivity contribution in [3.05, 3.63) is 28.3 Å². The fraction of sp³-hybridized carbons (Fsp3) is 0.625. The maximum absolute atomic E-state index is 5.81. The molecule has 2 rings (SSSR count). The van der Waals surface area contributed by atoms with Crippen molar-refractivity contribution in [3.63, 3.8) is 0 Å². The van der Waals surface area contributed by atoms with E-state index in [9.17, 15) is 0 Å². The third-order valence-electron chi connectivity index (χ3n) is 4.33. The highest BCUT2D eigenvalue weighted by Crippen LogP contribution is 2.30. The minimum absolute atomic E-state index is 0.435. The zero-order valence-corrected chi connectivity index (χ0v) is 12.5. The minimum Gasteiger partial charge on any atom is -0.496 e. The summed E-state index contributed by atoms with van der Waals surface area (Å²) in [6.45, 7) is 8.36. The van der Waals surface area contributed by atoms with Crippen molar-refractivity contribution >= 4 is 0 Å². The second-order valence-corrected chi connectivity index (χ2v) is 5.88. The van der Waals surface area contributed by atoms with Gasteiger partial charge in [-0.15, -0.1) is 0 Å². The predicted molar refractivity (Wildman–Crippen MR) is 79.6 cm³/mol. The summed E-state index contributed by atoms with van der Waals surface area (Å²) in [5.41, 5.74) is 10.9. The Kier molecular flexibility index (Phi) is 4.48. The van der Waals surface area contributed by atoms with E-state index in [4.69, 9.17) is 10.5 Å². The Morgan fingerprint density at radius 1 is 1.26 bits per heavy atom. The van der Waals surface area contributed by atoms with Crippen molar-refractivity contribution < 1.29 is 4.74 Å². The molecule has 19 heavy (non-hydrogen) atoms. The van der Waals surface area contributed by atoms with E-state index in [1.165, 1.54) is 22.3 Å². The van der Waals surface area contributed by atoms with Crippen LogP contribution in [0.1, 0.15) is 35.1 Å². The quantitative estimate of drug-likeness (QED) is 0.857. The molecule has 1 fully saturated rings. The molecular formula is C16H26N2O. The van der Waals surface area contributed by atoms with Gasteiger partial charge in [0.15, 0.2) is 0 Å². The van der Waals surface area contributed by atoms with Crippen molar-refractivity contribution in [2.75, 3.05) is 13.7 Å². The first-order valence-corrected chi connectivity index (χ1v) is 7.12. The Bertz CT molecular complexity index is 451. The van der Waals surface area contributed by atoms with Gasteiger partial charge in [0.1, 0.15) is 5.75 Å². The van der Waals surface area contributed by atoms with E-state index in [-0.39, 0.29) is 0 Å². The van der Waals surface area contributed by atoms with Gasteiger partial charge in [-0.2, -0.15) is 0 Å². The third-order valence-corrected chi connectivity index (χ3v) is 4.33. The van der Waals surface area contributed by atoms with E-state index in [2.05, 4.69) is 32.2 Å². The molecule has 1 aromatic rings. The van der Waals surface area contributed by atoms with Crippen LogP contribution in [-0.4, -0.2) is 19.7 Å². The van der Waals surface area contributed by atoms with Crippen LogP contribution in [0, 0.1) is 26.7 Å². The highest BCUT2D eigenvalue weighted by Gasteiger charge is 2.25. The molecule has 0 amide bonds. The summed E-state index contributed by atoms with van der Waals surface area (Å²) in [6, 6.07) is 2.68. The number of rotatable bonds is 5. The van der Waals surface area contributed by atoms with Gasteiger partial charge in [0.2, 0.25) is 0 Å². The van der Waals surface area contributed by atoms with Crippen LogP contribution in [0.2, 0.25) is 0 Å². The summed E-state index contributed by atoms with van der Waals surface area (Å²) in [5.74, 6) is 1.79. The van der Waals surface area contributed by atoms with Crippen LogP contribution in [-0.2, 0) is 6.54 Å². The molecule has 0 atom stereocenters. The van der Waals surface area contributed by atoms with Crippen LogP contribution in [0.15, 0.2) is 6.07 Å². The topological polar surface area (TPSA) is 47.3 Å². The Hall–Kier alpha value is -1.06. The lowest BCUT2D eigenvalue weighted by molar-refractivity contribution is 0.255. The maximum atomic E-state index is 5.81. The van der Waals surface area contributed by atoms with Crippen molar-refractivity contribution in [1.29, 1.82) is 0 Å². The van der Waals surface area contributed by atoms with E-state index >= 15 is 0 Å². The molecule has 1 aliphatic carbocycles. The molecule has 0 bridgehead atoms. The average Bonchev–Trinajstić information content (AvgIpc) is 2.33. The van der Waals surface area contributed by atoms with E-state index < -0.39 is 0 Å². The van der Waals surface area contributed by atoms with Gasteiger partial charge in [0.05, 0.1) is 7.11 Å². The molecule has 1 aliphatic rings. The number of hydrogen-bond donors (Lipinski definition) is 2. The van der Waals surface area contributed by atoms with Crippen molar-refractivity contribution in [2.24, 2.45) is 11.7 Å². The third kappa shape index (κ3) is 3.10. The van der Waals surface area contributed by atoms with Crippen molar-refractivity contribution in [2.45, 2.75) is 46.2 Å². The number of ether oxygens (including phenoxy) is 1. The van der Waals surface area contributed by atoms with Crippen LogP contribution >= 0.6 is 0 Å². The zero-order valence-electron chi connectivity index (χ0n) is 12.5. The normalized spacial score (nSPS) is 22.2. The Morgan fingerprint density at radius 3 is 2.53 bits per heavy atom. The lowest BCUT2D eigenvalue weighted by atomic mass is 9.81. The summed E-state index contributed by atoms with van der Waals surface area (Å²) in [4.78, 5) is 0. The standard InChI is InChI=1S/C16H26N2O/c1-10-5-11(2)15(16(19-4)12(10)3)9-18-8-13-6-14(17)7-13/h5,13-14,18H,6-9,17H2,1-4H3. The molecule has 0 radical (unpaired) electrons. The van der Waals surface area contributed by atoms with E-state index in [1.807, 2.05) is 0 Å². The summed E-state index contributed by atoms with van der Waals surface area (Å²) in [7, 11) is 1.76. The number of aryl methyl sites for hydroxylation is 2. The minimum atomic E-state index is 0.435. The first-order valence-electron chi connectivity index (χ1n) is 7.12. The molecular weight excluding hydrogens is 236 g/mol. The van der Waals surface area contributed by atoms with Gasteiger partial charge in [-0.25, -0.2) is 0 Å². The smallest absolute Gasteiger partial charge is 0.126 e. The van der Waals surface area contributed by atoms with E-state index in [0.717, 1.165) is 37.6 Å². The molecule has 3 heteroatoms. The van der Waals surface area contributed by atoms with Gasteiger partial charge < -0.3 is 15.8 Å². The van der Waals surface area contributed by atoms with Crippen molar-refractivity contribution in [1.82, 2.24) is 5.32 Å². The van der Waals surface area contributed by atoms with Crippen LogP contribution in [0.25, 0.3) is 0 Å². The second kappa shape index (κ2) is 5.93. The predicted octanol–water partition coefficient (Wildman–Crippen LogP) is 2.45. The molecule has 0 aliphatic heterocycles. The average molecular weight is 262 g/mol. The fourth-order valence-corrected chi connectivity index (χ4v) is 2.96. The molecule has 3 nitrogen and oxygen atoms in total. The van der Waals surface area contributed by atoms with Gasteiger partial charge in [0.25, 0.3) is 0 Å². The highest BCUT2D eigenvalue weighted by atomic mass is 16.5. The van der Waals surface area contributed by atoms with Gasteiger partial charge in [0, 0.05) is 18.2 Å². The number of methoxy groups -OCH3 is 1. The Morgan fingerprint density at radius 2 is 1.95 bits per heavy atom. The number of benzene rings is 1. The van der Waals surface area contributed by atoms with Gasteiger partial charge in [-0.3, -0.25) is 0 Å². The molecule has 0 unspecified atom stereocenters. The molecule has 3 N–H and O–H groups in total. The molecule has 0 heterocycles. The fourth-order valence-electron chi connectivity index (χ4n) is 2.96. The number of nitrogens with two attached hydrogens (primary N) is 1. The number of nitrogens with one attached hydrogen (secondary N) is 1. The lowest BCUT2D eigenvalue weighted by Crippen LogP contribution is -2.41. The first kappa shape index (κ1) is 14.4. The van der Waals surface area contributed by atoms with E-state index in [0.29, 0.717) is 6.04 Å². The summed E-state index contributed by atoms with van der Waals surface area (Å²) in [5, 5.41) is 3.55. The molecule has 106 valence electrons. The van der Waals surface area contributed by atoms with Gasteiger partial charge in [-0.1, -0.05) is 6.07 Å². The largest absolute Gasteiger partial charge is 0.496 e. The summed E-state index contributed by atoms with van der Waals surface area (Å²) in [6.07, 6.45) is 2.33. The van der Waals surface area contributed by atoms with Crippen LogP contribution in [0.4, 0.5) is 0 Å². The summed E-state index contributed by atoms with van der Waals surface area (Å²) >= 11 is 0. The maximum Gasteiger partial charge on any atom is 0.126 e. The van der Waals surface area contributed by atoms with Crippen LogP contribution in [0.5, 0.6) is 5.75 Å². The molecule has 1 saturated carbocycles. The molecule has 1 aromatic carbocycles. The van der Waals surface area contributed by atoms with Gasteiger partial charge >= 0.3 is 0 Å². The molecule has 0 spiro atoms. The monoisotopic (exact) mass is 262 g/mol. The zero-order chi connectivity index (χ0) is 14.0. The SMILES string of the molecule is COc1c(C)c(C)cc(C)c1CNCC1CC(N)C1. The summed E-state index contributed by atoms with van der Waals surface area (Å²) < 4.78 is 5.59. The first-order chi connectivity index (χ1) is 9.02.